The summed E-state index contributed by atoms with van der Waals surface area (Å²) in [5, 5.41) is 18.5. The summed E-state index contributed by atoms with van der Waals surface area (Å²) in [5.41, 5.74) is 10.8. The first-order chi connectivity index (χ1) is 24.6. The van der Waals surface area contributed by atoms with Crippen molar-refractivity contribution < 1.29 is 19.1 Å². The second-order valence-electron chi connectivity index (χ2n) is 12.1. The van der Waals surface area contributed by atoms with Crippen molar-refractivity contribution in [1.82, 2.24) is 0 Å². The third-order valence-corrected chi connectivity index (χ3v) is 8.82. The van der Waals surface area contributed by atoms with Crippen LogP contribution in [0.1, 0.15) is 82.5 Å². The SMILES string of the molecule is CCCCOC(=O)c1cccc2c1-c1ccccc1C2=NN=C1C=CC(=NN=C2c3ccccc3-c3c(C(=O)OCCCC)cccc32)C=C1. The summed E-state index contributed by atoms with van der Waals surface area (Å²) in [6, 6.07) is 27.1. The molecule has 8 nitrogen and oxygen atoms in total. The second-order valence-corrected chi connectivity index (χ2v) is 12.1. The van der Waals surface area contributed by atoms with E-state index < -0.39 is 0 Å². The minimum atomic E-state index is -0.332. The van der Waals surface area contributed by atoms with Gasteiger partial charge in [-0.2, -0.15) is 10.2 Å². The number of rotatable bonds is 10. The lowest BCUT2D eigenvalue weighted by Crippen LogP contribution is -2.08. The Hall–Kier alpha value is -6.02. The fourth-order valence-corrected chi connectivity index (χ4v) is 6.32. The van der Waals surface area contributed by atoms with Crippen LogP contribution in [-0.2, 0) is 9.47 Å². The van der Waals surface area contributed by atoms with Gasteiger partial charge in [0.1, 0.15) is 11.4 Å². The highest BCUT2D eigenvalue weighted by molar-refractivity contribution is 6.28. The zero-order chi connectivity index (χ0) is 34.5. The van der Waals surface area contributed by atoms with Crippen molar-refractivity contribution in [3.8, 4) is 22.3 Å². The van der Waals surface area contributed by atoms with E-state index in [9.17, 15) is 9.59 Å². The maximum Gasteiger partial charge on any atom is 0.338 e. The molecular formula is C42H36N4O4. The van der Waals surface area contributed by atoms with E-state index in [-0.39, 0.29) is 11.9 Å². The van der Waals surface area contributed by atoms with Crippen LogP contribution in [0.25, 0.3) is 22.3 Å². The first-order valence-electron chi connectivity index (χ1n) is 17.1. The molecule has 4 aromatic rings. The van der Waals surface area contributed by atoms with E-state index in [0.717, 1.165) is 70.2 Å². The quantitative estimate of drug-likeness (QED) is 0.0634. The molecule has 0 heterocycles. The average molecular weight is 661 g/mol. The number of nitrogens with zero attached hydrogens (tertiary/aromatic N) is 4. The maximum atomic E-state index is 13.0. The average Bonchev–Trinajstić information content (AvgIpc) is 3.66. The summed E-state index contributed by atoms with van der Waals surface area (Å²) < 4.78 is 11.1. The molecule has 0 radical (unpaired) electrons. The highest BCUT2D eigenvalue weighted by Crippen LogP contribution is 2.41. The van der Waals surface area contributed by atoms with Gasteiger partial charge in [-0.3, -0.25) is 0 Å². The molecule has 248 valence electrons. The van der Waals surface area contributed by atoms with Crippen molar-refractivity contribution >= 4 is 34.8 Å². The molecule has 50 heavy (non-hydrogen) atoms. The highest BCUT2D eigenvalue weighted by atomic mass is 16.5. The number of ether oxygens (including phenoxy) is 2. The number of hydrogen-bond donors (Lipinski definition) is 0. The van der Waals surface area contributed by atoms with Crippen molar-refractivity contribution in [2.75, 3.05) is 13.2 Å². The lowest BCUT2D eigenvalue weighted by atomic mass is 9.99. The number of esters is 2. The Labute approximate surface area is 291 Å². The molecule has 3 aliphatic rings. The van der Waals surface area contributed by atoms with Crippen LogP contribution in [-0.4, -0.2) is 48.0 Å². The van der Waals surface area contributed by atoms with Gasteiger partial charge in [0.25, 0.3) is 0 Å². The third-order valence-electron chi connectivity index (χ3n) is 8.82. The van der Waals surface area contributed by atoms with E-state index in [1.165, 1.54) is 0 Å². The predicted molar refractivity (Wildman–Crippen MR) is 199 cm³/mol. The molecule has 3 aliphatic carbocycles. The molecule has 0 aliphatic heterocycles. The van der Waals surface area contributed by atoms with Gasteiger partial charge in [-0.05, 0) is 60.4 Å². The van der Waals surface area contributed by atoms with Crippen molar-refractivity contribution in [3.05, 3.63) is 143 Å². The van der Waals surface area contributed by atoms with Gasteiger partial charge in [0.2, 0.25) is 0 Å². The van der Waals surface area contributed by atoms with Gasteiger partial charge in [0.05, 0.1) is 35.8 Å². The largest absolute Gasteiger partial charge is 0.462 e. The van der Waals surface area contributed by atoms with Crippen LogP contribution < -0.4 is 0 Å². The Kier molecular flexibility index (Phi) is 9.51. The zero-order valence-corrected chi connectivity index (χ0v) is 28.1. The molecule has 4 aromatic carbocycles. The summed E-state index contributed by atoms with van der Waals surface area (Å²) in [5.74, 6) is -0.665. The number of fused-ring (bicyclic) bond motifs is 6. The Morgan fingerprint density at radius 1 is 0.480 bits per heavy atom. The Balaban J connectivity index is 1.15. The molecule has 0 spiro atoms. The first-order valence-corrected chi connectivity index (χ1v) is 17.1. The summed E-state index contributed by atoms with van der Waals surface area (Å²) >= 11 is 0. The molecule has 0 N–H and O–H groups in total. The van der Waals surface area contributed by atoms with Crippen molar-refractivity contribution in [1.29, 1.82) is 0 Å². The lowest BCUT2D eigenvalue weighted by Gasteiger charge is -2.09. The standard InChI is InChI=1S/C42H36N4O4/c1-3-5-25-49-41(47)35-19-11-17-33-37(35)29-13-7-9-15-31(29)39(33)45-43-27-21-23-28(24-22-27)44-46-40-32-16-10-8-14-30(32)38-34(40)18-12-20-36(38)42(48)50-26-6-4-2/h7-24H,3-6,25-26H2,1-2H3. The highest BCUT2D eigenvalue weighted by Gasteiger charge is 2.31. The van der Waals surface area contributed by atoms with E-state index >= 15 is 0 Å². The molecule has 0 fully saturated rings. The number of carbonyl (C=O) groups is 2. The predicted octanol–water partition coefficient (Wildman–Crippen LogP) is 8.77. The second kappa shape index (κ2) is 14.6. The van der Waals surface area contributed by atoms with E-state index in [2.05, 4.69) is 34.3 Å². The third kappa shape index (κ3) is 6.28. The Bertz CT molecular complexity index is 2020. The van der Waals surface area contributed by atoms with Gasteiger partial charge in [-0.15, -0.1) is 10.2 Å². The minimum Gasteiger partial charge on any atom is -0.462 e. The smallest absolute Gasteiger partial charge is 0.338 e. The van der Waals surface area contributed by atoms with Crippen molar-refractivity contribution in [3.63, 3.8) is 0 Å². The summed E-state index contributed by atoms with van der Waals surface area (Å²) in [6.45, 7) is 4.91. The summed E-state index contributed by atoms with van der Waals surface area (Å²) in [7, 11) is 0. The van der Waals surface area contributed by atoms with Gasteiger partial charge < -0.3 is 9.47 Å². The number of hydrogen-bond acceptors (Lipinski definition) is 8. The number of allylic oxidation sites excluding steroid dienone is 4. The molecule has 0 amide bonds. The molecular weight excluding hydrogens is 624 g/mol. The summed E-state index contributed by atoms with van der Waals surface area (Å²) in [6.07, 6.45) is 10.9. The van der Waals surface area contributed by atoms with Gasteiger partial charge in [0, 0.05) is 33.4 Å². The van der Waals surface area contributed by atoms with Gasteiger partial charge in [0.15, 0.2) is 0 Å². The normalized spacial score (nSPS) is 15.1. The fraction of sp³-hybridized carbons (Fsp3) is 0.190. The minimum absolute atomic E-state index is 0.332. The van der Waals surface area contributed by atoms with Crippen LogP contribution in [0, 0.1) is 0 Å². The Morgan fingerprint density at radius 3 is 1.26 bits per heavy atom. The van der Waals surface area contributed by atoms with Crippen LogP contribution in [0.15, 0.2) is 130 Å². The molecule has 0 aromatic heterocycles. The summed E-state index contributed by atoms with van der Waals surface area (Å²) in [4.78, 5) is 26.1. The van der Waals surface area contributed by atoms with Crippen LogP contribution in [0.5, 0.6) is 0 Å². The number of unbranched alkanes of at least 4 members (excludes halogenated alkanes) is 2. The fourth-order valence-electron chi connectivity index (χ4n) is 6.32. The van der Waals surface area contributed by atoms with Crippen LogP contribution in [0.4, 0.5) is 0 Å². The van der Waals surface area contributed by atoms with E-state index in [4.69, 9.17) is 9.47 Å². The van der Waals surface area contributed by atoms with Crippen LogP contribution in [0.3, 0.4) is 0 Å². The van der Waals surface area contributed by atoms with Crippen molar-refractivity contribution in [2.45, 2.75) is 39.5 Å². The monoisotopic (exact) mass is 660 g/mol. The molecule has 8 heteroatoms. The molecule has 0 saturated carbocycles. The Morgan fingerprint density at radius 2 is 0.860 bits per heavy atom. The molecule has 7 rings (SSSR count). The van der Waals surface area contributed by atoms with Crippen LogP contribution in [0.2, 0.25) is 0 Å². The number of carbonyl (C=O) groups excluding carboxylic acids is 2. The van der Waals surface area contributed by atoms with Gasteiger partial charge in [-0.25, -0.2) is 9.59 Å². The number of benzene rings is 4. The topological polar surface area (TPSA) is 102 Å². The molecule has 0 bridgehead atoms. The van der Waals surface area contributed by atoms with Gasteiger partial charge in [-0.1, -0.05) is 99.5 Å². The zero-order valence-electron chi connectivity index (χ0n) is 28.1. The molecule has 0 unspecified atom stereocenters. The molecule has 0 atom stereocenters. The van der Waals surface area contributed by atoms with Crippen molar-refractivity contribution in [2.24, 2.45) is 20.4 Å². The first kappa shape index (κ1) is 32.5. The van der Waals surface area contributed by atoms with E-state index in [1.54, 1.807) is 12.1 Å². The van der Waals surface area contributed by atoms with Crippen LogP contribution >= 0.6 is 0 Å². The van der Waals surface area contributed by atoms with E-state index in [1.807, 2.05) is 97.1 Å². The van der Waals surface area contributed by atoms with Gasteiger partial charge >= 0.3 is 11.9 Å². The molecule has 0 saturated heterocycles. The maximum absolute atomic E-state index is 13.0. The lowest BCUT2D eigenvalue weighted by molar-refractivity contribution is 0.0491. The van der Waals surface area contributed by atoms with E-state index in [0.29, 0.717) is 47.2 Å².